The van der Waals surface area contributed by atoms with Crippen LogP contribution in [0.3, 0.4) is 0 Å². The van der Waals surface area contributed by atoms with E-state index >= 15 is 0 Å². The first-order chi connectivity index (χ1) is 9.88. The Labute approximate surface area is 120 Å². The Morgan fingerprint density at radius 3 is 2.62 bits per heavy atom. The molecule has 7 heteroatoms. The third-order valence-electron chi connectivity index (χ3n) is 3.88. The van der Waals surface area contributed by atoms with Crippen molar-refractivity contribution in [3.63, 3.8) is 0 Å². The number of likely N-dealkylation sites (N-methyl/N-ethyl adjacent to an activating group) is 1. The SMILES string of the molecule is COC(=O)[C@@H]1C[C@@H](C(=O)O)[C@H](c2cccc(F)c2F)N1C. The van der Waals surface area contributed by atoms with E-state index in [1.54, 1.807) is 0 Å². The molecule has 0 aromatic heterocycles. The first kappa shape index (κ1) is 15.4. The minimum absolute atomic E-state index is 0.0148. The van der Waals surface area contributed by atoms with Crippen LogP contribution in [0.2, 0.25) is 0 Å². The summed E-state index contributed by atoms with van der Waals surface area (Å²) in [6.07, 6.45) is -0.0148. The zero-order valence-electron chi connectivity index (χ0n) is 11.5. The third kappa shape index (κ3) is 2.61. The van der Waals surface area contributed by atoms with Crippen molar-refractivity contribution in [3.05, 3.63) is 35.4 Å². The van der Waals surface area contributed by atoms with Gasteiger partial charge in [-0.05, 0) is 19.5 Å². The Balaban J connectivity index is 2.46. The van der Waals surface area contributed by atoms with Gasteiger partial charge < -0.3 is 9.84 Å². The van der Waals surface area contributed by atoms with Crippen molar-refractivity contribution in [1.29, 1.82) is 0 Å². The Morgan fingerprint density at radius 2 is 2.05 bits per heavy atom. The second-order valence-electron chi connectivity index (χ2n) is 4.97. The van der Waals surface area contributed by atoms with Gasteiger partial charge in [-0.25, -0.2) is 8.78 Å². The summed E-state index contributed by atoms with van der Waals surface area (Å²) in [6, 6.07) is 1.87. The predicted molar refractivity (Wildman–Crippen MR) is 68.4 cm³/mol. The van der Waals surface area contributed by atoms with Gasteiger partial charge in [0, 0.05) is 5.56 Å². The molecule has 1 aliphatic rings. The number of halogens is 2. The van der Waals surface area contributed by atoms with Gasteiger partial charge in [-0.3, -0.25) is 14.5 Å². The van der Waals surface area contributed by atoms with Gasteiger partial charge in [-0.1, -0.05) is 12.1 Å². The van der Waals surface area contributed by atoms with Gasteiger partial charge in [-0.2, -0.15) is 0 Å². The fraction of sp³-hybridized carbons (Fsp3) is 0.429. The van der Waals surface area contributed by atoms with Crippen molar-refractivity contribution in [1.82, 2.24) is 4.90 Å². The number of hydrogen-bond acceptors (Lipinski definition) is 4. The number of hydrogen-bond donors (Lipinski definition) is 1. The molecular formula is C14H15F2NO4. The van der Waals surface area contributed by atoms with Crippen LogP contribution < -0.4 is 0 Å². The highest BCUT2D eigenvalue weighted by Gasteiger charge is 2.48. The average molecular weight is 299 g/mol. The summed E-state index contributed by atoms with van der Waals surface area (Å²) >= 11 is 0. The number of benzene rings is 1. The number of carbonyl (C=O) groups excluding carboxylic acids is 1. The van der Waals surface area contributed by atoms with Crippen LogP contribution in [0.15, 0.2) is 18.2 Å². The molecule has 1 saturated heterocycles. The molecule has 1 aromatic rings. The van der Waals surface area contributed by atoms with Gasteiger partial charge in [-0.15, -0.1) is 0 Å². The lowest BCUT2D eigenvalue weighted by molar-refractivity contribution is -0.145. The van der Waals surface area contributed by atoms with Gasteiger partial charge in [0.1, 0.15) is 6.04 Å². The van der Waals surface area contributed by atoms with E-state index < -0.39 is 41.6 Å². The molecule has 3 atom stereocenters. The van der Waals surface area contributed by atoms with Crippen molar-refractivity contribution < 1.29 is 28.2 Å². The maximum absolute atomic E-state index is 14.0. The summed E-state index contributed by atoms with van der Waals surface area (Å²) in [6.45, 7) is 0. The molecule has 2 rings (SSSR count). The maximum atomic E-state index is 14.0. The molecule has 0 unspecified atom stereocenters. The topological polar surface area (TPSA) is 66.8 Å². The fourth-order valence-electron chi connectivity index (χ4n) is 2.83. The number of aliphatic carboxylic acids is 1. The zero-order valence-corrected chi connectivity index (χ0v) is 11.5. The molecule has 0 aliphatic carbocycles. The number of carboxylic acid groups (broad SMARTS) is 1. The summed E-state index contributed by atoms with van der Waals surface area (Å²) in [4.78, 5) is 24.5. The minimum atomic E-state index is -1.16. The summed E-state index contributed by atoms with van der Waals surface area (Å²) in [7, 11) is 2.70. The number of likely N-dealkylation sites (tertiary alicyclic amines) is 1. The average Bonchev–Trinajstić information content (AvgIpc) is 2.79. The van der Waals surface area contributed by atoms with E-state index in [1.165, 1.54) is 31.2 Å². The van der Waals surface area contributed by atoms with Crippen LogP contribution in [-0.2, 0) is 14.3 Å². The lowest BCUT2D eigenvalue weighted by Gasteiger charge is -2.26. The van der Waals surface area contributed by atoms with Crippen LogP contribution in [0.4, 0.5) is 8.78 Å². The Hall–Kier alpha value is -2.02. The van der Waals surface area contributed by atoms with Gasteiger partial charge in [0.2, 0.25) is 0 Å². The summed E-state index contributed by atoms with van der Waals surface area (Å²) in [5.41, 5.74) is -0.0729. The van der Waals surface area contributed by atoms with E-state index in [0.717, 1.165) is 6.07 Å². The number of methoxy groups -OCH3 is 1. The van der Waals surface area contributed by atoms with E-state index in [4.69, 9.17) is 0 Å². The summed E-state index contributed by atoms with van der Waals surface area (Å²) in [5, 5.41) is 9.30. The van der Waals surface area contributed by atoms with Crippen molar-refractivity contribution in [2.45, 2.75) is 18.5 Å². The molecule has 1 heterocycles. The van der Waals surface area contributed by atoms with E-state index in [2.05, 4.69) is 4.74 Å². The normalized spacial score (nSPS) is 25.8. The van der Waals surface area contributed by atoms with Crippen LogP contribution in [-0.4, -0.2) is 42.1 Å². The molecule has 1 aliphatic heterocycles. The molecule has 0 saturated carbocycles. The molecule has 0 amide bonds. The van der Waals surface area contributed by atoms with E-state index in [1.807, 2.05) is 0 Å². The second-order valence-corrected chi connectivity index (χ2v) is 4.97. The number of carboxylic acids is 1. The van der Waals surface area contributed by atoms with Gasteiger partial charge in [0.15, 0.2) is 11.6 Å². The number of esters is 1. The first-order valence-corrected chi connectivity index (χ1v) is 6.35. The van der Waals surface area contributed by atoms with Crippen molar-refractivity contribution in [2.75, 3.05) is 14.2 Å². The maximum Gasteiger partial charge on any atom is 0.323 e. The van der Waals surface area contributed by atoms with Crippen LogP contribution in [0.5, 0.6) is 0 Å². The number of nitrogens with zero attached hydrogens (tertiary/aromatic N) is 1. The second kappa shape index (κ2) is 5.77. The monoisotopic (exact) mass is 299 g/mol. The van der Waals surface area contributed by atoms with Crippen LogP contribution in [0.25, 0.3) is 0 Å². The number of ether oxygens (including phenoxy) is 1. The van der Waals surface area contributed by atoms with Gasteiger partial charge in [0.05, 0.1) is 19.1 Å². The van der Waals surface area contributed by atoms with Crippen molar-refractivity contribution in [3.8, 4) is 0 Å². The van der Waals surface area contributed by atoms with Crippen LogP contribution in [0, 0.1) is 17.6 Å². The smallest absolute Gasteiger partial charge is 0.323 e. The quantitative estimate of drug-likeness (QED) is 0.858. The lowest BCUT2D eigenvalue weighted by Crippen LogP contribution is -2.35. The molecule has 0 spiro atoms. The molecule has 0 bridgehead atoms. The van der Waals surface area contributed by atoms with E-state index in [9.17, 15) is 23.5 Å². The molecular weight excluding hydrogens is 284 g/mol. The van der Waals surface area contributed by atoms with Gasteiger partial charge >= 0.3 is 11.9 Å². The van der Waals surface area contributed by atoms with Gasteiger partial charge in [0.25, 0.3) is 0 Å². The first-order valence-electron chi connectivity index (χ1n) is 6.35. The van der Waals surface area contributed by atoms with Crippen LogP contribution >= 0.6 is 0 Å². The van der Waals surface area contributed by atoms with Crippen molar-refractivity contribution in [2.24, 2.45) is 5.92 Å². The highest BCUT2D eigenvalue weighted by molar-refractivity contribution is 5.79. The predicted octanol–water partition coefficient (Wildman–Crippen LogP) is 1.58. The zero-order chi connectivity index (χ0) is 15.7. The molecule has 114 valence electrons. The molecule has 1 aromatic carbocycles. The summed E-state index contributed by atoms with van der Waals surface area (Å²) < 4.78 is 32.0. The van der Waals surface area contributed by atoms with E-state index in [0.29, 0.717) is 0 Å². The highest BCUT2D eigenvalue weighted by atomic mass is 19.2. The number of rotatable bonds is 3. The molecule has 1 N–H and O–H groups in total. The summed E-state index contributed by atoms with van der Waals surface area (Å²) in [5.74, 6) is -4.92. The standard InChI is InChI=1S/C14H15F2NO4/c1-17-10(14(20)21-2)6-8(13(18)19)12(17)7-4-3-5-9(15)11(7)16/h3-5,8,10,12H,6H2,1-2H3,(H,18,19)/t8-,10+,12+/m1/s1. The van der Waals surface area contributed by atoms with Crippen LogP contribution in [0.1, 0.15) is 18.0 Å². The molecule has 21 heavy (non-hydrogen) atoms. The Kier molecular flexibility index (Phi) is 4.22. The molecule has 1 fully saturated rings. The minimum Gasteiger partial charge on any atom is -0.481 e. The highest BCUT2D eigenvalue weighted by Crippen LogP contribution is 2.41. The molecule has 5 nitrogen and oxygen atoms in total. The largest absolute Gasteiger partial charge is 0.481 e. The van der Waals surface area contributed by atoms with Crippen molar-refractivity contribution >= 4 is 11.9 Å². The lowest BCUT2D eigenvalue weighted by atomic mass is 9.93. The molecule has 0 radical (unpaired) electrons. The number of carbonyl (C=O) groups is 2. The third-order valence-corrected chi connectivity index (χ3v) is 3.88. The van der Waals surface area contributed by atoms with E-state index in [-0.39, 0.29) is 12.0 Å². The fourth-order valence-corrected chi connectivity index (χ4v) is 2.83. The Bertz CT molecular complexity index is 578. The Morgan fingerprint density at radius 1 is 1.38 bits per heavy atom.